The maximum Gasteiger partial charge on any atom is 0.151 e. The van der Waals surface area contributed by atoms with Gasteiger partial charge in [0.25, 0.3) is 0 Å². The van der Waals surface area contributed by atoms with Gasteiger partial charge >= 0.3 is 0 Å². The summed E-state index contributed by atoms with van der Waals surface area (Å²) in [4.78, 5) is 12.5. The molecule has 0 aliphatic rings. The Morgan fingerprint density at radius 2 is 2.00 bits per heavy atom. The van der Waals surface area contributed by atoms with Gasteiger partial charge in [0.2, 0.25) is 0 Å². The fraction of sp³-hybridized carbons (Fsp3) is 0.417. The van der Waals surface area contributed by atoms with Crippen LogP contribution in [0.15, 0.2) is 23.1 Å². The van der Waals surface area contributed by atoms with E-state index in [0.717, 1.165) is 12.0 Å². The van der Waals surface area contributed by atoms with Crippen LogP contribution in [0.3, 0.4) is 0 Å². The van der Waals surface area contributed by atoms with Crippen LogP contribution in [-0.4, -0.2) is 17.9 Å². The summed E-state index contributed by atoms with van der Waals surface area (Å²) in [6.45, 7) is 2.12. The quantitative estimate of drug-likeness (QED) is 0.582. The Hall–Kier alpha value is -0.470. The number of aryl methyl sites for hydroxylation is 1. The number of Topliss-reactive ketones (excluding diaryl/α,β-unsaturated/α-hetero) is 1. The Balaban J connectivity index is 2.91. The molecule has 82 valence electrons. The molecule has 1 aromatic carbocycles. The minimum atomic E-state index is 0.0805. The van der Waals surface area contributed by atoms with Crippen LogP contribution in [0.5, 0.6) is 0 Å². The first-order chi connectivity index (χ1) is 7.19. The number of alkyl halides is 1. The lowest BCUT2D eigenvalue weighted by atomic mass is 10.0. The summed E-state index contributed by atoms with van der Waals surface area (Å²) in [7, 11) is 0. The van der Waals surface area contributed by atoms with Crippen molar-refractivity contribution in [1.29, 1.82) is 0 Å². The molecule has 0 spiro atoms. The van der Waals surface area contributed by atoms with Gasteiger partial charge in [0, 0.05) is 11.3 Å². The molecule has 0 radical (unpaired) electrons. The molecule has 0 bridgehead atoms. The summed E-state index contributed by atoms with van der Waals surface area (Å²) in [6.07, 6.45) is 3.49. The van der Waals surface area contributed by atoms with Crippen LogP contribution in [0.1, 0.15) is 18.1 Å². The van der Waals surface area contributed by atoms with Crippen molar-refractivity contribution in [2.75, 3.05) is 12.1 Å². The SMILES string of the molecule is CCc1cc(CC(=O)CCl)cc(SC)c1. The van der Waals surface area contributed by atoms with Crippen LogP contribution < -0.4 is 0 Å². The minimum Gasteiger partial charge on any atom is -0.298 e. The summed E-state index contributed by atoms with van der Waals surface area (Å²) < 4.78 is 0. The van der Waals surface area contributed by atoms with Crippen molar-refractivity contribution in [3.63, 3.8) is 0 Å². The van der Waals surface area contributed by atoms with E-state index in [1.165, 1.54) is 10.5 Å². The van der Waals surface area contributed by atoms with Crippen LogP contribution >= 0.6 is 23.4 Å². The van der Waals surface area contributed by atoms with Crippen molar-refractivity contribution in [2.24, 2.45) is 0 Å². The maximum absolute atomic E-state index is 11.2. The van der Waals surface area contributed by atoms with E-state index in [1.807, 2.05) is 6.26 Å². The topological polar surface area (TPSA) is 17.1 Å². The van der Waals surface area contributed by atoms with E-state index in [2.05, 4.69) is 25.1 Å². The van der Waals surface area contributed by atoms with Gasteiger partial charge in [-0.15, -0.1) is 23.4 Å². The van der Waals surface area contributed by atoms with Gasteiger partial charge in [-0.2, -0.15) is 0 Å². The maximum atomic E-state index is 11.2. The second-order valence-electron chi connectivity index (χ2n) is 3.39. The first-order valence-corrected chi connectivity index (χ1v) is 6.70. The molecule has 1 rings (SSSR count). The van der Waals surface area contributed by atoms with Crippen molar-refractivity contribution in [3.05, 3.63) is 29.3 Å². The number of ketones is 1. The molecule has 0 heterocycles. The van der Waals surface area contributed by atoms with Gasteiger partial charge in [-0.05, 0) is 35.9 Å². The zero-order chi connectivity index (χ0) is 11.3. The number of halogens is 1. The van der Waals surface area contributed by atoms with Crippen molar-refractivity contribution < 1.29 is 4.79 Å². The molecule has 0 fully saturated rings. The highest BCUT2D eigenvalue weighted by molar-refractivity contribution is 7.98. The number of rotatable bonds is 5. The van der Waals surface area contributed by atoms with Crippen molar-refractivity contribution in [2.45, 2.75) is 24.7 Å². The third-order valence-electron chi connectivity index (χ3n) is 2.22. The van der Waals surface area contributed by atoms with Crippen molar-refractivity contribution in [1.82, 2.24) is 0 Å². The van der Waals surface area contributed by atoms with Crippen LogP contribution in [0, 0.1) is 0 Å². The van der Waals surface area contributed by atoms with Crippen LogP contribution in [0.2, 0.25) is 0 Å². The first-order valence-electron chi connectivity index (χ1n) is 4.94. The lowest BCUT2D eigenvalue weighted by Crippen LogP contribution is -2.04. The molecule has 3 heteroatoms. The highest BCUT2D eigenvalue weighted by atomic mass is 35.5. The number of benzene rings is 1. The lowest BCUT2D eigenvalue weighted by Gasteiger charge is -2.06. The van der Waals surface area contributed by atoms with Gasteiger partial charge < -0.3 is 0 Å². The molecule has 0 N–H and O–H groups in total. The molecule has 0 atom stereocenters. The van der Waals surface area contributed by atoms with E-state index in [-0.39, 0.29) is 11.7 Å². The third kappa shape index (κ3) is 3.88. The van der Waals surface area contributed by atoms with Gasteiger partial charge in [-0.3, -0.25) is 4.79 Å². The van der Waals surface area contributed by atoms with E-state index in [4.69, 9.17) is 11.6 Å². The Kier molecular flexibility index (Phi) is 5.20. The van der Waals surface area contributed by atoms with Gasteiger partial charge in [-0.25, -0.2) is 0 Å². The van der Waals surface area contributed by atoms with E-state index in [9.17, 15) is 4.79 Å². The molecular formula is C12H15ClOS. The van der Waals surface area contributed by atoms with Gasteiger partial charge in [0.15, 0.2) is 5.78 Å². The van der Waals surface area contributed by atoms with Gasteiger partial charge in [-0.1, -0.05) is 13.0 Å². The molecule has 0 amide bonds. The highest BCUT2D eigenvalue weighted by Crippen LogP contribution is 2.20. The summed E-state index contributed by atoms with van der Waals surface area (Å²) in [5.74, 6) is 0.183. The van der Waals surface area contributed by atoms with Crippen LogP contribution in [0.25, 0.3) is 0 Å². The van der Waals surface area contributed by atoms with Crippen molar-refractivity contribution >= 4 is 29.1 Å². The molecule has 0 aliphatic heterocycles. The van der Waals surface area contributed by atoms with Crippen LogP contribution in [-0.2, 0) is 17.6 Å². The summed E-state index contributed by atoms with van der Waals surface area (Å²) in [5, 5.41) is 0. The van der Waals surface area contributed by atoms with Crippen molar-refractivity contribution in [3.8, 4) is 0 Å². The Morgan fingerprint density at radius 1 is 1.33 bits per heavy atom. The zero-order valence-corrected chi connectivity index (χ0v) is 10.6. The third-order valence-corrected chi connectivity index (χ3v) is 3.23. The lowest BCUT2D eigenvalue weighted by molar-refractivity contribution is -0.116. The molecule has 0 saturated heterocycles. The van der Waals surface area contributed by atoms with E-state index < -0.39 is 0 Å². The molecule has 15 heavy (non-hydrogen) atoms. The second kappa shape index (κ2) is 6.19. The predicted octanol–water partition coefficient (Wildman–Crippen LogP) is 3.32. The minimum absolute atomic E-state index is 0.0805. The zero-order valence-electron chi connectivity index (χ0n) is 9.05. The molecule has 0 aliphatic carbocycles. The Labute approximate surface area is 100 Å². The number of thioether (sulfide) groups is 1. The summed E-state index contributed by atoms with van der Waals surface area (Å²) in [5.41, 5.74) is 2.35. The smallest absolute Gasteiger partial charge is 0.151 e. The fourth-order valence-corrected chi connectivity index (χ4v) is 2.06. The van der Waals surface area contributed by atoms with Gasteiger partial charge in [0.05, 0.1) is 5.88 Å². The number of hydrogen-bond acceptors (Lipinski definition) is 2. The fourth-order valence-electron chi connectivity index (χ4n) is 1.43. The highest BCUT2D eigenvalue weighted by Gasteiger charge is 2.04. The monoisotopic (exact) mass is 242 g/mol. The standard InChI is InChI=1S/C12H15ClOS/c1-3-9-4-10(5-11(14)8-13)7-12(6-9)15-2/h4,6-7H,3,5,8H2,1-2H3. The number of carbonyl (C=O) groups excluding carboxylic acids is 1. The Bertz CT molecular complexity index is 327. The molecule has 1 aromatic rings. The number of hydrogen-bond donors (Lipinski definition) is 0. The normalized spacial score (nSPS) is 10.3. The molecule has 1 nitrogen and oxygen atoms in total. The predicted molar refractivity (Wildman–Crippen MR) is 67.0 cm³/mol. The van der Waals surface area contributed by atoms with E-state index in [1.54, 1.807) is 11.8 Å². The van der Waals surface area contributed by atoms with E-state index in [0.29, 0.717) is 6.42 Å². The van der Waals surface area contributed by atoms with Gasteiger partial charge in [0.1, 0.15) is 0 Å². The van der Waals surface area contributed by atoms with Crippen LogP contribution in [0.4, 0.5) is 0 Å². The molecule has 0 saturated carbocycles. The first kappa shape index (κ1) is 12.6. The number of carbonyl (C=O) groups is 1. The average molecular weight is 243 g/mol. The second-order valence-corrected chi connectivity index (χ2v) is 4.54. The molecular weight excluding hydrogens is 228 g/mol. The van der Waals surface area contributed by atoms with E-state index >= 15 is 0 Å². The Morgan fingerprint density at radius 3 is 2.53 bits per heavy atom. The largest absolute Gasteiger partial charge is 0.298 e. The average Bonchev–Trinajstić information content (AvgIpc) is 2.28. The summed E-state index contributed by atoms with van der Waals surface area (Å²) >= 11 is 7.20. The molecule has 0 aromatic heterocycles. The molecule has 0 unspecified atom stereocenters. The summed E-state index contributed by atoms with van der Waals surface area (Å²) in [6, 6.07) is 6.32.